The number of carbonyl (C=O) groups is 2. The first kappa shape index (κ1) is 19.2. The minimum atomic E-state index is -2.08. The zero-order valence-corrected chi connectivity index (χ0v) is 15.7. The van der Waals surface area contributed by atoms with Gasteiger partial charge < -0.3 is 35.0 Å². The highest BCUT2D eigenvalue weighted by atomic mass is 32.2. The SMILES string of the molecule is CCC1=CC(=O)c2c(O)c3c(c(O)c2C1=O)S[C@@H]1O[C@@](C)(O)[C@H](O)[C@@H](O)[C@@H]1O3. The van der Waals surface area contributed by atoms with Crippen LogP contribution >= 0.6 is 11.8 Å². The van der Waals surface area contributed by atoms with Crippen molar-refractivity contribution in [1.82, 2.24) is 0 Å². The van der Waals surface area contributed by atoms with E-state index in [1.165, 1.54) is 0 Å². The van der Waals surface area contributed by atoms with Crippen molar-refractivity contribution in [1.29, 1.82) is 0 Å². The predicted octanol–water partition coefficient (Wildman–Crippen LogP) is 0.453. The lowest BCUT2D eigenvalue weighted by Gasteiger charge is -2.47. The van der Waals surface area contributed by atoms with Gasteiger partial charge in [-0.05, 0) is 19.4 Å². The van der Waals surface area contributed by atoms with Crippen LogP contribution in [0, 0.1) is 0 Å². The lowest BCUT2D eigenvalue weighted by Crippen LogP contribution is -2.64. The van der Waals surface area contributed by atoms with Crippen molar-refractivity contribution in [3.8, 4) is 17.2 Å². The number of aliphatic hydroxyl groups is 3. The Morgan fingerprint density at radius 2 is 1.86 bits per heavy atom. The van der Waals surface area contributed by atoms with Crippen LogP contribution in [0.4, 0.5) is 0 Å². The third-order valence-electron chi connectivity index (χ3n) is 5.13. The average molecular weight is 410 g/mol. The van der Waals surface area contributed by atoms with Crippen molar-refractivity contribution in [2.45, 2.75) is 54.7 Å². The fraction of sp³-hybridized carbons (Fsp3) is 0.444. The first-order valence-electron chi connectivity index (χ1n) is 8.59. The Hall–Kier alpha value is -2.11. The maximum absolute atomic E-state index is 12.6. The molecule has 3 aliphatic rings. The number of benzene rings is 1. The molecule has 1 saturated heterocycles. The van der Waals surface area contributed by atoms with Gasteiger partial charge in [0.1, 0.15) is 18.0 Å². The third-order valence-corrected chi connectivity index (χ3v) is 6.34. The van der Waals surface area contributed by atoms with Crippen LogP contribution in [-0.4, -0.2) is 66.6 Å². The standard InChI is InChI=1S/C18H18O9S/c1-3-5-4-6(19)7-8(9(5)20)11(22)15-13(10(7)21)26-14-12(23)16(24)18(2,25)27-17(14)28-15/h4,12,14,16-17,21-25H,3H2,1-2H3/t12-,14-,16+,17-,18+/m0/s1. The monoisotopic (exact) mass is 410 g/mol. The number of carbonyl (C=O) groups excluding carboxylic acids is 2. The van der Waals surface area contributed by atoms with Gasteiger partial charge in [0, 0.05) is 5.57 Å². The number of phenols is 2. The second kappa shape index (κ2) is 6.19. The number of hydrogen-bond acceptors (Lipinski definition) is 10. The number of phenolic OH excluding ortho intramolecular Hbond substituents is 2. The Morgan fingerprint density at radius 1 is 1.18 bits per heavy atom. The van der Waals surface area contributed by atoms with Crippen LogP contribution in [0.2, 0.25) is 0 Å². The van der Waals surface area contributed by atoms with Gasteiger partial charge in [-0.3, -0.25) is 9.59 Å². The summed E-state index contributed by atoms with van der Waals surface area (Å²) in [7, 11) is 0. The van der Waals surface area contributed by atoms with Crippen molar-refractivity contribution >= 4 is 23.3 Å². The van der Waals surface area contributed by atoms with E-state index in [1.54, 1.807) is 6.92 Å². The fourth-order valence-corrected chi connectivity index (χ4v) is 4.87. The number of hydrogen-bond donors (Lipinski definition) is 5. The molecule has 28 heavy (non-hydrogen) atoms. The number of aliphatic hydroxyl groups excluding tert-OH is 2. The second-order valence-electron chi connectivity index (χ2n) is 7.00. The van der Waals surface area contributed by atoms with Gasteiger partial charge in [0.25, 0.3) is 0 Å². The molecule has 1 aromatic rings. The number of ether oxygens (including phenoxy) is 2. The van der Waals surface area contributed by atoms with E-state index >= 15 is 0 Å². The molecule has 2 aliphatic heterocycles. The average Bonchev–Trinajstić information content (AvgIpc) is 2.64. The van der Waals surface area contributed by atoms with Crippen molar-refractivity contribution in [2.24, 2.45) is 0 Å². The van der Waals surface area contributed by atoms with Crippen LogP contribution in [0.25, 0.3) is 0 Å². The first-order chi connectivity index (χ1) is 13.1. The van der Waals surface area contributed by atoms with Gasteiger partial charge in [0.15, 0.2) is 40.4 Å². The molecule has 4 rings (SSSR count). The molecule has 9 nitrogen and oxygen atoms in total. The molecule has 1 aliphatic carbocycles. The normalized spacial score (nSPS) is 34.1. The molecule has 1 aromatic carbocycles. The van der Waals surface area contributed by atoms with Crippen LogP contribution < -0.4 is 4.74 Å². The summed E-state index contributed by atoms with van der Waals surface area (Å²) >= 11 is 0.803. The minimum absolute atomic E-state index is 0.0598. The lowest BCUT2D eigenvalue weighted by molar-refractivity contribution is -0.318. The Morgan fingerprint density at radius 3 is 2.50 bits per heavy atom. The summed E-state index contributed by atoms with van der Waals surface area (Å²) in [6, 6.07) is 0. The highest BCUT2D eigenvalue weighted by molar-refractivity contribution is 8.00. The van der Waals surface area contributed by atoms with E-state index in [4.69, 9.17) is 9.47 Å². The van der Waals surface area contributed by atoms with Gasteiger partial charge in [0.05, 0.1) is 16.0 Å². The van der Waals surface area contributed by atoms with E-state index in [1.807, 2.05) is 0 Å². The van der Waals surface area contributed by atoms with Gasteiger partial charge in [-0.15, -0.1) is 0 Å². The molecule has 10 heteroatoms. The van der Waals surface area contributed by atoms with Gasteiger partial charge in [-0.25, -0.2) is 0 Å². The number of ketones is 2. The Bertz CT molecular complexity index is 936. The molecule has 2 heterocycles. The smallest absolute Gasteiger partial charge is 0.193 e. The number of Topliss-reactive ketones (excluding diaryl/α,β-unsaturated/α-hetero) is 1. The Labute approximate surface area is 163 Å². The number of rotatable bonds is 1. The molecule has 0 amide bonds. The molecule has 5 N–H and O–H groups in total. The highest BCUT2D eigenvalue weighted by Gasteiger charge is 2.55. The van der Waals surface area contributed by atoms with Crippen LogP contribution in [0.1, 0.15) is 41.0 Å². The summed E-state index contributed by atoms with van der Waals surface area (Å²) in [5.41, 5.74) is -1.56. The van der Waals surface area contributed by atoms with E-state index in [-0.39, 0.29) is 33.8 Å². The summed E-state index contributed by atoms with van der Waals surface area (Å²) in [4.78, 5) is 25.0. The molecule has 0 radical (unpaired) electrons. The first-order valence-corrected chi connectivity index (χ1v) is 9.47. The van der Waals surface area contributed by atoms with Crippen LogP contribution in [0.3, 0.4) is 0 Å². The van der Waals surface area contributed by atoms with Gasteiger partial charge >= 0.3 is 0 Å². The van der Waals surface area contributed by atoms with E-state index < -0.39 is 52.6 Å². The molecule has 0 aromatic heterocycles. The molecule has 0 unspecified atom stereocenters. The van der Waals surface area contributed by atoms with Crippen molar-refractivity contribution in [2.75, 3.05) is 0 Å². The van der Waals surface area contributed by atoms with Crippen molar-refractivity contribution in [3.05, 3.63) is 22.8 Å². The largest absolute Gasteiger partial charge is 0.506 e. The molecule has 0 bridgehead atoms. The molecule has 0 spiro atoms. The van der Waals surface area contributed by atoms with Crippen LogP contribution in [0.5, 0.6) is 17.2 Å². The van der Waals surface area contributed by atoms with E-state index in [9.17, 15) is 35.1 Å². The molecule has 0 saturated carbocycles. The number of aromatic hydroxyl groups is 2. The van der Waals surface area contributed by atoms with Crippen LogP contribution in [0.15, 0.2) is 16.5 Å². The summed E-state index contributed by atoms with van der Waals surface area (Å²) < 4.78 is 10.9. The molecular formula is C18H18O9S. The van der Waals surface area contributed by atoms with Crippen molar-refractivity contribution in [3.63, 3.8) is 0 Å². The molecule has 150 valence electrons. The van der Waals surface area contributed by atoms with Crippen molar-refractivity contribution < 1.29 is 44.6 Å². The highest BCUT2D eigenvalue weighted by Crippen LogP contribution is 2.56. The lowest BCUT2D eigenvalue weighted by atomic mass is 9.86. The number of fused-ring (bicyclic) bond motifs is 3. The minimum Gasteiger partial charge on any atom is -0.506 e. The fourth-order valence-electron chi connectivity index (χ4n) is 3.58. The molecule has 1 fully saturated rings. The summed E-state index contributed by atoms with van der Waals surface area (Å²) in [6.45, 7) is 2.85. The van der Waals surface area contributed by atoms with Gasteiger partial charge in [-0.1, -0.05) is 18.7 Å². The second-order valence-corrected chi connectivity index (χ2v) is 8.11. The Balaban J connectivity index is 1.87. The van der Waals surface area contributed by atoms with Crippen LogP contribution in [-0.2, 0) is 4.74 Å². The van der Waals surface area contributed by atoms with E-state index in [0.717, 1.165) is 24.8 Å². The maximum atomic E-state index is 12.6. The Kier molecular flexibility index (Phi) is 4.25. The third kappa shape index (κ3) is 2.49. The zero-order chi connectivity index (χ0) is 20.5. The van der Waals surface area contributed by atoms with Gasteiger partial charge in [-0.2, -0.15) is 0 Å². The topological polar surface area (TPSA) is 154 Å². The quantitative estimate of drug-likeness (QED) is 0.412. The van der Waals surface area contributed by atoms with Gasteiger partial charge in [0.2, 0.25) is 0 Å². The summed E-state index contributed by atoms with van der Waals surface area (Å²) in [5, 5.41) is 51.8. The summed E-state index contributed by atoms with van der Waals surface area (Å²) in [5.74, 6) is -4.80. The molecular weight excluding hydrogens is 392 g/mol. The van der Waals surface area contributed by atoms with E-state index in [2.05, 4.69) is 0 Å². The molecule has 5 atom stereocenters. The van der Waals surface area contributed by atoms with E-state index in [0.29, 0.717) is 0 Å². The summed E-state index contributed by atoms with van der Waals surface area (Å²) in [6.07, 6.45) is -3.09. The zero-order valence-electron chi connectivity index (χ0n) is 14.9. The predicted molar refractivity (Wildman–Crippen MR) is 94.6 cm³/mol. The number of allylic oxidation sites excluding steroid dienone is 2. The number of thioether (sulfide) groups is 1. The maximum Gasteiger partial charge on any atom is 0.193 e.